The Kier molecular flexibility index (Phi) is 4.77. The van der Waals surface area contributed by atoms with Crippen molar-refractivity contribution in [3.8, 4) is 23.3 Å². The highest BCUT2D eigenvalue weighted by Gasteiger charge is 2.08. The number of anilines is 2. The topological polar surface area (TPSA) is 67.2 Å². The van der Waals surface area contributed by atoms with Gasteiger partial charge in [-0.15, -0.1) is 0 Å². The number of nitrogens with zero attached hydrogens (tertiary/aromatic N) is 2. The number of hydrogen-bond donors (Lipinski definition) is 1. The van der Waals surface area contributed by atoms with E-state index in [0.717, 1.165) is 33.8 Å². The second kappa shape index (κ2) is 7.68. The van der Waals surface area contributed by atoms with Gasteiger partial charge in [0, 0.05) is 17.1 Å². The lowest BCUT2D eigenvalue weighted by Gasteiger charge is -2.11. The summed E-state index contributed by atoms with van der Waals surface area (Å²) in [6.45, 7) is 0. The lowest BCUT2D eigenvalue weighted by Crippen LogP contribution is -1.98. The zero-order valence-corrected chi connectivity index (χ0v) is 15.2. The fourth-order valence-corrected chi connectivity index (χ4v) is 2.82. The molecule has 28 heavy (non-hydrogen) atoms. The Morgan fingerprint density at radius 1 is 0.857 bits per heavy atom. The Balaban J connectivity index is 1.59. The van der Waals surface area contributed by atoms with Crippen molar-refractivity contribution in [1.82, 2.24) is 4.98 Å². The highest BCUT2D eigenvalue weighted by Crippen LogP contribution is 2.27. The van der Waals surface area contributed by atoms with Crippen LogP contribution < -0.4 is 14.8 Å². The Morgan fingerprint density at radius 2 is 1.57 bits per heavy atom. The summed E-state index contributed by atoms with van der Waals surface area (Å²) in [7, 11) is 1.61. The van der Waals surface area contributed by atoms with E-state index < -0.39 is 0 Å². The van der Waals surface area contributed by atoms with Crippen LogP contribution in [0.25, 0.3) is 10.9 Å². The molecule has 1 aromatic heterocycles. The number of para-hydroxylation sites is 1. The van der Waals surface area contributed by atoms with Crippen LogP contribution in [0.2, 0.25) is 0 Å². The number of pyridine rings is 1. The summed E-state index contributed by atoms with van der Waals surface area (Å²) in [4.78, 5) is 4.60. The second-order valence-electron chi connectivity index (χ2n) is 6.12. The van der Waals surface area contributed by atoms with Gasteiger partial charge < -0.3 is 14.8 Å². The molecule has 0 aliphatic carbocycles. The van der Waals surface area contributed by atoms with Crippen LogP contribution in [0.5, 0.6) is 17.2 Å². The molecule has 0 saturated heterocycles. The molecule has 3 aromatic carbocycles. The van der Waals surface area contributed by atoms with Gasteiger partial charge in [-0.2, -0.15) is 5.26 Å². The molecule has 0 radical (unpaired) electrons. The third-order valence-corrected chi connectivity index (χ3v) is 4.24. The van der Waals surface area contributed by atoms with Crippen LogP contribution in [0.4, 0.5) is 11.5 Å². The van der Waals surface area contributed by atoms with E-state index in [0.29, 0.717) is 11.4 Å². The Morgan fingerprint density at radius 3 is 2.29 bits per heavy atom. The molecule has 4 rings (SSSR count). The zero-order chi connectivity index (χ0) is 19.3. The highest BCUT2D eigenvalue weighted by molar-refractivity contribution is 5.85. The van der Waals surface area contributed by atoms with Gasteiger partial charge in [-0.05, 0) is 54.6 Å². The Bertz CT molecular complexity index is 1150. The van der Waals surface area contributed by atoms with Crippen molar-refractivity contribution in [2.24, 2.45) is 0 Å². The van der Waals surface area contributed by atoms with Crippen molar-refractivity contribution in [3.63, 3.8) is 0 Å². The SMILES string of the molecule is COc1ccc2cc(C#N)c(Nc3ccc(Oc4ccccc4)cc3)nc2c1. The summed E-state index contributed by atoms with van der Waals surface area (Å²) in [5.41, 5.74) is 2.04. The largest absolute Gasteiger partial charge is 0.497 e. The first kappa shape index (κ1) is 17.4. The van der Waals surface area contributed by atoms with Crippen molar-refractivity contribution in [2.45, 2.75) is 0 Å². The minimum atomic E-state index is 0.474. The molecule has 136 valence electrons. The normalized spacial score (nSPS) is 10.3. The molecule has 0 saturated carbocycles. The van der Waals surface area contributed by atoms with Gasteiger partial charge >= 0.3 is 0 Å². The molecule has 0 fully saturated rings. The average Bonchev–Trinajstić information content (AvgIpc) is 2.75. The smallest absolute Gasteiger partial charge is 0.149 e. The predicted octanol–water partition coefficient (Wildman–Crippen LogP) is 5.65. The van der Waals surface area contributed by atoms with Crippen LogP contribution in [0.1, 0.15) is 5.56 Å². The van der Waals surface area contributed by atoms with Crippen molar-refractivity contribution < 1.29 is 9.47 Å². The first-order valence-corrected chi connectivity index (χ1v) is 8.74. The van der Waals surface area contributed by atoms with E-state index >= 15 is 0 Å². The minimum Gasteiger partial charge on any atom is -0.497 e. The summed E-state index contributed by atoms with van der Waals surface area (Å²) >= 11 is 0. The third kappa shape index (κ3) is 3.71. The fourth-order valence-electron chi connectivity index (χ4n) is 2.82. The standard InChI is InChI=1S/C23H17N3O2/c1-27-21-10-7-16-13-17(15-24)23(26-22(16)14-21)25-18-8-11-20(12-9-18)28-19-5-3-2-4-6-19/h2-14H,1H3,(H,25,26). The molecule has 0 atom stereocenters. The first-order valence-electron chi connectivity index (χ1n) is 8.74. The van der Waals surface area contributed by atoms with Crippen LogP contribution in [0.3, 0.4) is 0 Å². The lowest BCUT2D eigenvalue weighted by molar-refractivity contribution is 0.415. The molecule has 0 amide bonds. The van der Waals surface area contributed by atoms with E-state index in [1.807, 2.05) is 78.9 Å². The molecule has 1 heterocycles. The summed E-state index contributed by atoms with van der Waals surface area (Å²) in [6, 6.07) is 26.7. The fraction of sp³-hybridized carbons (Fsp3) is 0.0435. The van der Waals surface area contributed by atoms with Crippen molar-refractivity contribution >= 4 is 22.4 Å². The van der Waals surface area contributed by atoms with Crippen LogP contribution in [0, 0.1) is 11.3 Å². The number of rotatable bonds is 5. The zero-order valence-electron chi connectivity index (χ0n) is 15.2. The van der Waals surface area contributed by atoms with Crippen LogP contribution in [-0.2, 0) is 0 Å². The van der Waals surface area contributed by atoms with Crippen molar-refractivity contribution in [1.29, 1.82) is 5.26 Å². The van der Waals surface area contributed by atoms with Gasteiger partial charge in [-0.1, -0.05) is 18.2 Å². The van der Waals surface area contributed by atoms with E-state index in [1.54, 1.807) is 7.11 Å². The molecule has 5 heteroatoms. The quantitative estimate of drug-likeness (QED) is 0.494. The van der Waals surface area contributed by atoms with Gasteiger partial charge in [0.25, 0.3) is 0 Å². The van der Waals surface area contributed by atoms with E-state index in [2.05, 4.69) is 16.4 Å². The maximum atomic E-state index is 9.49. The number of ether oxygens (including phenoxy) is 2. The summed E-state index contributed by atoms with van der Waals surface area (Å²) in [6.07, 6.45) is 0. The number of aromatic nitrogens is 1. The molecular weight excluding hydrogens is 350 g/mol. The molecule has 4 aromatic rings. The van der Waals surface area contributed by atoms with E-state index in [9.17, 15) is 5.26 Å². The van der Waals surface area contributed by atoms with Gasteiger partial charge in [0.1, 0.15) is 29.1 Å². The van der Waals surface area contributed by atoms with E-state index in [1.165, 1.54) is 0 Å². The summed E-state index contributed by atoms with van der Waals surface area (Å²) in [5, 5.41) is 13.6. The summed E-state index contributed by atoms with van der Waals surface area (Å²) in [5.74, 6) is 2.73. The maximum absolute atomic E-state index is 9.49. The van der Waals surface area contributed by atoms with Gasteiger partial charge in [0.15, 0.2) is 0 Å². The Hall–Kier alpha value is -4.04. The van der Waals surface area contributed by atoms with Crippen LogP contribution in [0.15, 0.2) is 78.9 Å². The molecular formula is C23H17N3O2. The summed E-state index contributed by atoms with van der Waals surface area (Å²) < 4.78 is 11.1. The van der Waals surface area contributed by atoms with Gasteiger partial charge in [0.2, 0.25) is 0 Å². The minimum absolute atomic E-state index is 0.474. The molecule has 0 aliphatic rings. The maximum Gasteiger partial charge on any atom is 0.149 e. The molecule has 1 N–H and O–H groups in total. The van der Waals surface area contributed by atoms with Gasteiger partial charge in [0.05, 0.1) is 18.2 Å². The number of benzene rings is 3. The molecule has 0 spiro atoms. The number of methoxy groups -OCH3 is 1. The third-order valence-electron chi connectivity index (χ3n) is 4.24. The monoisotopic (exact) mass is 367 g/mol. The number of nitrogens with one attached hydrogen (secondary N) is 1. The predicted molar refractivity (Wildman–Crippen MR) is 109 cm³/mol. The molecule has 0 aliphatic heterocycles. The second-order valence-corrected chi connectivity index (χ2v) is 6.12. The van der Waals surface area contributed by atoms with Crippen LogP contribution in [-0.4, -0.2) is 12.1 Å². The lowest BCUT2D eigenvalue weighted by atomic mass is 10.1. The highest BCUT2D eigenvalue weighted by atomic mass is 16.5. The van der Waals surface area contributed by atoms with Gasteiger partial charge in [-0.3, -0.25) is 0 Å². The number of fused-ring (bicyclic) bond motifs is 1. The first-order chi connectivity index (χ1) is 13.7. The van der Waals surface area contributed by atoms with Crippen molar-refractivity contribution in [3.05, 3.63) is 84.4 Å². The van der Waals surface area contributed by atoms with E-state index in [4.69, 9.17) is 9.47 Å². The number of hydrogen-bond acceptors (Lipinski definition) is 5. The Labute approximate surface area is 162 Å². The van der Waals surface area contributed by atoms with Crippen LogP contribution >= 0.6 is 0 Å². The molecule has 0 unspecified atom stereocenters. The number of nitriles is 1. The molecule has 5 nitrogen and oxygen atoms in total. The molecule has 0 bridgehead atoms. The van der Waals surface area contributed by atoms with Gasteiger partial charge in [-0.25, -0.2) is 4.98 Å². The van der Waals surface area contributed by atoms with E-state index in [-0.39, 0.29) is 0 Å². The average molecular weight is 367 g/mol. The van der Waals surface area contributed by atoms with Crippen molar-refractivity contribution in [2.75, 3.05) is 12.4 Å².